The molecule has 18 heavy (non-hydrogen) atoms. The van der Waals surface area contributed by atoms with Gasteiger partial charge >= 0.3 is 0 Å². The van der Waals surface area contributed by atoms with Gasteiger partial charge in [0.05, 0.1) is 11.0 Å². The van der Waals surface area contributed by atoms with Gasteiger partial charge in [-0.1, -0.05) is 0 Å². The number of carbonyl (C=O) groups excluding carboxylic acids is 1. The fourth-order valence-corrected chi connectivity index (χ4v) is 2.05. The Bertz CT molecular complexity index is 503. The third-order valence-electron chi connectivity index (χ3n) is 2.96. The van der Waals surface area contributed by atoms with E-state index in [0.717, 1.165) is 0 Å². The van der Waals surface area contributed by atoms with Gasteiger partial charge in [0.15, 0.2) is 0 Å². The number of nitro benzene ring substituents is 1. The highest BCUT2D eigenvalue weighted by molar-refractivity contribution is 5.94. The van der Waals surface area contributed by atoms with E-state index in [1.165, 1.54) is 18.2 Å². The maximum absolute atomic E-state index is 11.0. The van der Waals surface area contributed by atoms with Gasteiger partial charge in [0.25, 0.3) is 5.69 Å². The minimum atomic E-state index is -0.703. The second kappa shape index (κ2) is 4.61. The molecule has 0 unspecified atom stereocenters. The molecular weight excluding hydrogens is 238 g/mol. The van der Waals surface area contributed by atoms with E-state index >= 15 is 0 Å². The molecule has 3 N–H and O–H groups in total. The van der Waals surface area contributed by atoms with Crippen molar-refractivity contribution in [2.45, 2.75) is 12.5 Å². The SMILES string of the molecule is NC(=O)c1ccc(N2CC[C@@H](O)C2)c([N+](=O)[O-])c1. The molecule has 1 saturated heterocycles. The quantitative estimate of drug-likeness (QED) is 0.591. The smallest absolute Gasteiger partial charge is 0.293 e. The molecule has 0 spiro atoms. The highest BCUT2D eigenvalue weighted by Gasteiger charge is 2.27. The van der Waals surface area contributed by atoms with Crippen molar-refractivity contribution in [3.05, 3.63) is 33.9 Å². The number of nitrogens with zero attached hydrogens (tertiary/aromatic N) is 2. The van der Waals surface area contributed by atoms with E-state index in [1.807, 2.05) is 0 Å². The number of rotatable bonds is 3. The van der Waals surface area contributed by atoms with Crippen molar-refractivity contribution in [3.63, 3.8) is 0 Å². The van der Waals surface area contributed by atoms with E-state index in [1.54, 1.807) is 4.90 Å². The summed E-state index contributed by atoms with van der Waals surface area (Å²) in [7, 11) is 0. The molecule has 0 aromatic heterocycles. The lowest BCUT2D eigenvalue weighted by molar-refractivity contribution is -0.384. The zero-order valence-corrected chi connectivity index (χ0v) is 9.57. The van der Waals surface area contributed by atoms with E-state index in [2.05, 4.69) is 0 Å². The van der Waals surface area contributed by atoms with Gasteiger partial charge in [-0.3, -0.25) is 14.9 Å². The van der Waals surface area contributed by atoms with Crippen molar-refractivity contribution in [2.24, 2.45) is 5.73 Å². The highest BCUT2D eigenvalue weighted by Crippen LogP contribution is 2.31. The van der Waals surface area contributed by atoms with Crippen molar-refractivity contribution < 1.29 is 14.8 Å². The summed E-state index contributed by atoms with van der Waals surface area (Å²) >= 11 is 0. The standard InChI is InChI=1S/C11H13N3O4/c12-11(16)7-1-2-9(10(5-7)14(17)18)13-4-3-8(15)6-13/h1-2,5,8,15H,3-4,6H2,(H2,12,16)/t8-/m1/s1. The largest absolute Gasteiger partial charge is 0.391 e. The monoisotopic (exact) mass is 251 g/mol. The molecular formula is C11H13N3O4. The van der Waals surface area contributed by atoms with Crippen LogP contribution in [0.2, 0.25) is 0 Å². The molecule has 7 nitrogen and oxygen atoms in total. The van der Waals surface area contributed by atoms with Crippen LogP contribution in [0.5, 0.6) is 0 Å². The molecule has 0 bridgehead atoms. The molecule has 1 aliphatic heterocycles. The lowest BCUT2D eigenvalue weighted by Gasteiger charge is -2.17. The topological polar surface area (TPSA) is 110 Å². The average molecular weight is 251 g/mol. The maximum atomic E-state index is 11.0. The summed E-state index contributed by atoms with van der Waals surface area (Å²) in [5.74, 6) is -0.703. The van der Waals surface area contributed by atoms with Crippen molar-refractivity contribution in [3.8, 4) is 0 Å². The van der Waals surface area contributed by atoms with Gasteiger partial charge in [0.2, 0.25) is 5.91 Å². The molecule has 1 aromatic carbocycles. The van der Waals surface area contributed by atoms with Crippen molar-refractivity contribution in [1.29, 1.82) is 0 Å². The van der Waals surface area contributed by atoms with Gasteiger partial charge in [-0.15, -0.1) is 0 Å². The predicted octanol–water partition coefficient (Wildman–Crippen LogP) is 0.265. The van der Waals surface area contributed by atoms with Gasteiger partial charge in [0.1, 0.15) is 5.69 Å². The number of nitrogens with two attached hydrogens (primary N) is 1. The van der Waals surface area contributed by atoms with Crippen molar-refractivity contribution >= 4 is 17.3 Å². The van der Waals surface area contributed by atoms with Gasteiger partial charge in [0, 0.05) is 24.7 Å². The number of nitro groups is 1. The van der Waals surface area contributed by atoms with Crippen molar-refractivity contribution in [2.75, 3.05) is 18.0 Å². The lowest BCUT2D eigenvalue weighted by Crippen LogP contribution is -2.22. The first-order valence-electron chi connectivity index (χ1n) is 5.50. The van der Waals surface area contributed by atoms with Crippen LogP contribution < -0.4 is 10.6 Å². The predicted molar refractivity (Wildman–Crippen MR) is 64.5 cm³/mol. The van der Waals surface area contributed by atoms with Crippen LogP contribution in [-0.4, -0.2) is 35.1 Å². The molecule has 1 heterocycles. The third-order valence-corrected chi connectivity index (χ3v) is 2.96. The Morgan fingerprint density at radius 2 is 2.28 bits per heavy atom. The van der Waals surface area contributed by atoms with Gasteiger partial charge in [-0.25, -0.2) is 0 Å². The number of aliphatic hydroxyl groups is 1. The molecule has 0 radical (unpaired) electrons. The van der Waals surface area contributed by atoms with Crippen LogP contribution in [0.4, 0.5) is 11.4 Å². The summed E-state index contributed by atoms with van der Waals surface area (Å²) in [6, 6.07) is 4.12. The van der Waals surface area contributed by atoms with Gasteiger partial charge < -0.3 is 15.7 Å². The number of benzene rings is 1. The Balaban J connectivity index is 2.41. The summed E-state index contributed by atoms with van der Waals surface area (Å²) in [5, 5.41) is 20.4. The van der Waals surface area contributed by atoms with Crippen molar-refractivity contribution in [1.82, 2.24) is 0 Å². The molecule has 96 valence electrons. The van der Waals surface area contributed by atoms with Crippen LogP contribution in [0.25, 0.3) is 0 Å². The zero-order chi connectivity index (χ0) is 13.3. The lowest BCUT2D eigenvalue weighted by atomic mass is 10.1. The molecule has 1 aromatic rings. The highest BCUT2D eigenvalue weighted by atomic mass is 16.6. The summed E-state index contributed by atoms with van der Waals surface area (Å²) in [5.41, 5.74) is 5.43. The number of primary amides is 1. The van der Waals surface area contributed by atoms with Crippen LogP contribution in [0.15, 0.2) is 18.2 Å². The second-order valence-corrected chi connectivity index (χ2v) is 4.21. The Labute approximate surface area is 103 Å². The Kier molecular flexibility index (Phi) is 3.15. The van der Waals surface area contributed by atoms with E-state index in [-0.39, 0.29) is 11.3 Å². The van der Waals surface area contributed by atoms with Crippen LogP contribution in [0, 0.1) is 10.1 Å². The molecule has 7 heteroatoms. The molecule has 0 saturated carbocycles. The van der Waals surface area contributed by atoms with E-state index in [0.29, 0.717) is 25.2 Å². The first-order chi connectivity index (χ1) is 8.49. The number of anilines is 1. The van der Waals surface area contributed by atoms with Gasteiger partial charge in [-0.2, -0.15) is 0 Å². The summed E-state index contributed by atoms with van der Waals surface area (Å²) in [4.78, 5) is 23.2. The van der Waals surface area contributed by atoms with E-state index < -0.39 is 16.9 Å². The molecule has 0 aliphatic carbocycles. The summed E-state index contributed by atoms with van der Waals surface area (Å²) in [6.07, 6.45) is 0.106. The second-order valence-electron chi connectivity index (χ2n) is 4.21. The van der Waals surface area contributed by atoms with E-state index in [4.69, 9.17) is 5.73 Å². The Hall–Kier alpha value is -2.15. The van der Waals surface area contributed by atoms with E-state index in [9.17, 15) is 20.0 Å². The van der Waals surface area contributed by atoms with Crippen LogP contribution in [0.3, 0.4) is 0 Å². The molecule has 2 rings (SSSR count). The third kappa shape index (κ3) is 2.25. The first kappa shape index (κ1) is 12.3. The number of hydrogen-bond acceptors (Lipinski definition) is 5. The number of aliphatic hydroxyl groups excluding tert-OH is 1. The number of carbonyl (C=O) groups is 1. The van der Waals surface area contributed by atoms with Gasteiger partial charge in [-0.05, 0) is 18.6 Å². The normalized spacial score (nSPS) is 18.9. The number of β-amino-alcohol motifs (C(OH)–C–C–N with tert-alkyl or cyclic N) is 1. The molecule has 1 fully saturated rings. The average Bonchev–Trinajstić information content (AvgIpc) is 2.74. The first-order valence-corrected chi connectivity index (χ1v) is 5.50. The van der Waals surface area contributed by atoms with Crippen LogP contribution in [0.1, 0.15) is 16.8 Å². The van der Waals surface area contributed by atoms with Crippen LogP contribution in [-0.2, 0) is 0 Å². The zero-order valence-electron chi connectivity index (χ0n) is 9.57. The fraction of sp³-hybridized carbons (Fsp3) is 0.364. The molecule has 1 atom stereocenters. The number of hydrogen-bond donors (Lipinski definition) is 2. The summed E-state index contributed by atoms with van der Waals surface area (Å²) < 4.78 is 0. The van der Waals surface area contributed by atoms with Crippen LogP contribution >= 0.6 is 0 Å². The Morgan fingerprint density at radius 1 is 1.56 bits per heavy atom. The summed E-state index contributed by atoms with van der Waals surface area (Å²) in [6.45, 7) is 0.911. The fourth-order valence-electron chi connectivity index (χ4n) is 2.05. The number of amides is 1. The molecule has 1 aliphatic rings. The minimum absolute atomic E-state index is 0.102. The minimum Gasteiger partial charge on any atom is -0.391 e. The molecule has 1 amide bonds. The maximum Gasteiger partial charge on any atom is 0.293 e. The Morgan fingerprint density at radius 3 is 2.78 bits per heavy atom.